The number of hydrogen-bond donors (Lipinski definition) is 0. The van der Waals surface area contributed by atoms with Crippen molar-refractivity contribution in [3.05, 3.63) is 29.8 Å². The predicted molar refractivity (Wildman–Crippen MR) is 102 cm³/mol. The number of carbonyl (C=O) groups is 3. The van der Waals surface area contributed by atoms with Crippen molar-refractivity contribution in [2.75, 3.05) is 37.6 Å². The van der Waals surface area contributed by atoms with Crippen LogP contribution in [0.25, 0.3) is 0 Å². The molecule has 3 aliphatic rings. The van der Waals surface area contributed by atoms with Crippen LogP contribution in [0.15, 0.2) is 24.3 Å². The SMILES string of the molecule is CCc1ccccc1N1CC(C(=O)N2CCN(C(=O)C3CC3)CC2)CC1=O. The summed E-state index contributed by atoms with van der Waals surface area (Å²) in [6.45, 7) is 4.91. The van der Waals surface area contributed by atoms with E-state index in [1.54, 1.807) is 4.90 Å². The lowest BCUT2D eigenvalue weighted by molar-refractivity contribution is -0.142. The van der Waals surface area contributed by atoms with Gasteiger partial charge in [0.15, 0.2) is 0 Å². The number of benzene rings is 1. The summed E-state index contributed by atoms with van der Waals surface area (Å²) < 4.78 is 0. The molecule has 1 aliphatic carbocycles. The van der Waals surface area contributed by atoms with E-state index in [9.17, 15) is 14.4 Å². The van der Waals surface area contributed by atoms with Gasteiger partial charge in [-0.25, -0.2) is 0 Å². The maximum absolute atomic E-state index is 12.9. The highest BCUT2D eigenvalue weighted by molar-refractivity contribution is 6.00. The Balaban J connectivity index is 1.37. The highest BCUT2D eigenvalue weighted by Gasteiger charge is 2.40. The van der Waals surface area contributed by atoms with Crippen molar-refractivity contribution in [2.24, 2.45) is 11.8 Å². The molecule has 0 bridgehead atoms. The van der Waals surface area contributed by atoms with Crippen molar-refractivity contribution in [3.63, 3.8) is 0 Å². The average molecular weight is 369 g/mol. The van der Waals surface area contributed by atoms with Gasteiger partial charge in [0.2, 0.25) is 17.7 Å². The molecule has 3 fully saturated rings. The van der Waals surface area contributed by atoms with Gasteiger partial charge in [-0.1, -0.05) is 25.1 Å². The fourth-order valence-electron chi connectivity index (χ4n) is 4.17. The summed E-state index contributed by atoms with van der Waals surface area (Å²) in [6.07, 6.45) is 3.15. The van der Waals surface area contributed by atoms with E-state index in [4.69, 9.17) is 0 Å². The molecule has 27 heavy (non-hydrogen) atoms. The maximum atomic E-state index is 12.9. The van der Waals surface area contributed by atoms with E-state index in [0.717, 1.165) is 30.5 Å². The number of nitrogens with zero attached hydrogens (tertiary/aromatic N) is 3. The Bertz CT molecular complexity index is 751. The van der Waals surface area contributed by atoms with E-state index in [1.165, 1.54) is 0 Å². The molecule has 1 aromatic carbocycles. The standard InChI is InChI=1S/C21H27N3O3/c1-2-15-5-3-4-6-18(15)24-14-17(13-19(24)25)21(27)23-11-9-22(10-12-23)20(26)16-7-8-16/h3-6,16-17H,2,7-14H2,1H3. The first-order chi connectivity index (χ1) is 13.1. The van der Waals surface area contributed by atoms with E-state index in [0.29, 0.717) is 32.7 Å². The van der Waals surface area contributed by atoms with Gasteiger partial charge >= 0.3 is 0 Å². The average Bonchev–Trinajstić information content (AvgIpc) is 3.49. The minimum Gasteiger partial charge on any atom is -0.339 e. The van der Waals surface area contributed by atoms with Crippen LogP contribution in [0.4, 0.5) is 5.69 Å². The molecule has 6 heteroatoms. The van der Waals surface area contributed by atoms with Crippen LogP contribution in [-0.4, -0.2) is 60.2 Å². The molecule has 2 saturated heterocycles. The number of hydrogen-bond acceptors (Lipinski definition) is 3. The molecule has 3 amide bonds. The Labute approximate surface area is 160 Å². The van der Waals surface area contributed by atoms with Crippen LogP contribution < -0.4 is 4.90 Å². The van der Waals surface area contributed by atoms with Crippen molar-refractivity contribution in [1.82, 2.24) is 9.80 Å². The molecule has 4 rings (SSSR count). The van der Waals surface area contributed by atoms with Crippen molar-refractivity contribution >= 4 is 23.4 Å². The number of anilines is 1. The Morgan fingerprint density at radius 3 is 2.15 bits per heavy atom. The molecule has 2 aliphatic heterocycles. The van der Waals surface area contributed by atoms with Crippen molar-refractivity contribution in [2.45, 2.75) is 32.6 Å². The predicted octanol–water partition coefficient (Wildman–Crippen LogP) is 1.68. The topological polar surface area (TPSA) is 60.9 Å². The highest BCUT2D eigenvalue weighted by atomic mass is 16.2. The second-order valence-corrected chi connectivity index (χ2v) is 7.81. The Morgan fingerprint density at radius 2 is 1.56 bits per heavy atom. The van der Waals surface area contributed by atoms with Gasteiger partial charge in [0.05, 0.1) is 5.92 Å². The lowest BCUT2D eigenvalue weighted by atomic mass is 10.1. The van der Waals surface area contributed by atoms with Gasteiger partial charge in [-0.05, 0) is 30.9 Å². The van der Waals surface area contributed by atoms with Gasteiger partial charge in [-0.2, -0.15) is 0 Å². The molecule has 0 spiro atoms. The van der Waals surface area contributed by atoms with Crippen LogP contribution in [0.3, 0.4) is 0 Å². The number of rotatable bonds is 4. The van der Waals surface area contributed by atoms with Crippen molar-refractivity contribution in [3.8, 4) is 0 Å². The minimum atomic E-state index is -0.284. The molecule has 0 N–H and O–H groups in total. The molecular formula is C21H27N3O3. The quantitative estimate of drug-likeness (QED) is 0.811. The van der Waals surface area contributed by atoms with Crippen LogP contribution in [0.1, 0.15) is 31.7 Å². The third-order valence-corrected chi connectivity index (χ3v) is 5.97. The number of para-hydroxylation sites is 1. The van der Waals surface area contributed by atoms with E-state index >= 15 is 0 Å². The van der Waals surface area contributed by atoms with Crippen LogP contribution in [0, 0.1) is 11.8 Å². The second-order valence-electron chi connectivity index (χ2n) is 7.81. The zero-order chi connectivity index (χ0) is 19.0. The third-order valence-electron chi connectivity index (χ3n) is 5.97. The summed E-state index contributed by atoms with van der Waals surface area (Å²) in [5.74, 6) is 0.274. The van der Waals surface area contributed by atoms with Crippen LogP contribution in [-0.2, 0) is 20.8 Å². The summed E-state index contributed by atoms with van der Waals surface area (Å²) in [5.41, 5.74) is 2.06. The molecule has 1 atom stereocenters. The van der Waals surface area contributed by atoms with Gasteiger partial charge < -0.3 is 14.7 Å². The third kappa shape index (κ3) is 3.57. The van der Waals surface area contributed by atoms with Crippen molar-refractivity contribution < 1.29 is 14.4 Å². The van der Waals surface area contributed by atoms with Gasteiger partial charge in [-0.15, -0.1) is 0 Å². The minimum absolute atomic E-state index is 0.0248. The van der Waals surface area contributed by atoms with Gasteiger partial charge in [0, 0.05) is 50.7 Å². The van der Waals surface area contributed by atoms with Crippen LogP contribution >= 0.6 is 0 Å². The summed E-state index contributed by atoms with van der Waals surface area (Å²) in [4.78, 5) is 43.2. The molecule has 144 valence electrons. The molecule has 2 heterocycles. The van der Waals surface area contributed by atoms with Gasteiger partial charge in [-0.3, -0.25) is 14.4 Å². The highest BCUT2D eigenvalue weighted by Crippen LogP contribution is 2.32. The summed E-state index contributed by atoms with van der Waals surface area (Å²) in [7, 11) is 0. The lowest BCUT2D eigenvalue weighted by Crippen LogP contribution is -2.52. The van der Waals surface area contributed by atoms with E-state index in [-0.39, 0.29) is 36.0 Å². The summed E-state index contributed by atoms with van der Waals surface area (Å²) in [5, 5.41) is 0. The first-order valence-corrected chi connectivity index (χ1v) is 10.0. The number of carbonyl (C=O) groups excluding carboxylic acids is 3. The zero-order valence-electron chi connectivity index (χ0n) is 15.9. The monoisotopic (exact) mass is 369 g/mol. The van der Waals surface area contributed by atoms with Crippen molar-refractivity contribution in [1.29, 1.82) is 0 Å². The molecular weight excluding hydrogens is 342 g/mol. The molecule has 0 radical (unpaired) electrons. The van der Waals surface area contributed by atoms with Gasteiger partial charge in [0.1, 0.15) is 0 Å². The first-order valence-electron chi connectivity index (χ1n) is 10.0. The number of amides is 3. The van der Waals surface area contributed by atoms with E-state index < -0.39 is 0 Å². The fraction of sp³-hybridized carbons (Fsp3) is 0.571. The van der Waals surface area contributed by atoms with Crippen LogP contribution in [0.5, 0.6) is 0 Å². The Kier molecular flexibility index (Phi) is 4.89. The van der Waals surface area contributed by atoms with Crippen LogP contribution in [0.2, 0.25) is 0 Å². The zero-order valence-corrected chi connectivity index (χ0v) is 15.9. The molecule has 1 unspecified atom stereocenters. The lowest BCUT2D eigenvalue weighted by Gasteiger charge is -2.36. The molecule has 1 saturated carbocycles. The second kappa shape index (κ2) is 7.33. The molecule has 0 aromatic heterocycles. The number of piperazine rings is 1. The first kappa shape index (κ1) is 18.0. The van der Waals surface area contributed by atoms with Gasteiger partial charge in [0.25, 0.3) is 0 Å². The maximum Gasteiger partial charge on any atom is 0.228 e. The normalized spacial score (nSPS) is 23.1. The Hall–Kier alpha value is -2.37. The number of aryl methyl sites for hydroxylation is 1. The summed E-state index contributed by atoms with van der Waals surface area (Å²) >= 11 is 0. The Morgan fingerprint density at radius 1 is 0.963 bits per heavy atom. The fourth-order valence-corrected chi connectivity index (χ4v) is 4.17. The largest absolute Gasteiger partial charge is 0.339 e. The van der Waals surface area contributed by atoms with E-state index in [1.807, 2.05) is 34.1 Å². The summed E-state index contributed by atoms with van der Waals surface area (Å²) in [6, 6.07) is 7.92. The molecule has 1 aromatic rings. The molecule has 6 nitrogen and oxygen atoms in total. The van der Waals surface area contributed by atoms with E-state index in [2.05, 4.69) is 6.92 Å². The smallest absolute Gasteiger partial charge is 0.228 e.